The molecule has 0 N–H and O–H groups in total. The lowest BCUT2D eigenvalue weighted by molar-refractivity contribution is 0.0652. The third-order valence-corrected chi connectivity index (χ3v) is 3.36. The molecule has 0 bridgehead atoms. The van der Waals surface area contributed by atoms with E-state index in [2.05, 4.69) is 12.1 Å². The van der Waals surface area contributed by atoms with E-state index >= 15 is 0 Å². The topological polar surface area (TPSA) is 20.3 Å². The number of benzene rings is 2. The van der Waals surface area contributed by atoms with Crippen LogP contribution in [0.25, 0.3) is 11.1 Å². The monoisotopic (exact) mass is 237 g/mol. The number of likely N-dealkylation sites (tertiary alicyclic amines) is 1. The maximum atomic E-state index is 12.1. The van der Waals surface area contributed by atoms with Crippen molar-refractivity contribution in [3.8, 4) is 11.1 Å². The first kappa shape index (κ1) is 11.0. The second-order valence-corrected chi connectivity index (χ2v) is 4.59. The molecule has 1 saturated heterocycles. The third-order valence-electron chi connectivity index (χ3n) is 3.36. The maximum Gasteiger partial charge on any atom is 0.253 e. The molecule has 90 valence electrons. The van der Waals surface area contributed by atoms with Gasteiger partial charge in [0.2, 0.25) is 0 Å². The molecular weight excluding hydrogens is 222 g/mol. The zero-order valence-electron chi connectivity index (χ0n) is 10.2. The molecule has 1 aliphatic rings. The highest BCUT2D eigenvalue weighted by atomic mass is 16.2. The van der Waals surface area contributed by atoms with Crippen molar-refractivity contribution in [1.29, 1.82) is 0 Å². The van der Waals surface area contributed by atoms with Gasteiger partial charge in [0.05, 0.1) is 0 Å². The Morgan fingerprint density at radius 3 is 2.28 bits per heavy atom. The molecule has 3 rings (SSSR count). The lowest BCUT2D eigenvalue weighted by atomic mass is 10.0. The van der Waals surface area contributed by atoms with Crippen LogP contribution in [-0.4, -0.2) is 23.9 Å². The van der Waals surface area contributed by atoms with E-state index in [9.17, 15) is 4.79 Å². The van der Waals surface area contributed by atoms with Crippen LogP contribution in [0.3, 0.4) is 0 Å². The number of rotatable bonds is 2. The first-order valence-electron chi connectivity index (χ1n) is 6.29. The van der Waals surface area contributed by atoms with Crippen LogP contribution in [-0.2, 0) is 0 Å². The molecule has 2 aromatic rings. The van der Waals surface area contributed by atoms with Crippen molar-refractivity contribution in [3.63, 3.8) is 0 Å². The van der Waals surface area contributed by atoms with E-state index in [1.807, 2.05) is 47.4 Å². The summed E-state index contributed by atoms with van der Waals surface area (Å²) in [6, 6.07) is 18.0. The van der Waals surface area contributed by atoms with Crippen molar-refractivity contribution in [1.82, 2.24) is 4.90 Å². The summed E-state index contributed by atoms with van der Waals surface area (Å²) in [6.45, 7) is 1.79. The van der Waals surface area contributed by atoms with Crippen LogP contribution in [0.2, 0.25) is 0 Å². The van der Waals surface area contributed by atoms with Crippen molar-refractivity contribution >= 4 is 5.91 Å². The van der Waals surface area contributed by atoms with Crippen LogP contribution < -0.4 is 0 Å². The predicted molar refractivity (Wildman–Crippen MR) is 72.4 cm³/mol. The zero-order valence-corrected chi connectivity index (χ0v) is 10.2. The molecule has 2 heteroatoms. The molecule has 0 aromatic heterocycles. The molecule has 2 nitrogen and oxygen atoms in total. The number of amides is 1. The number of hydrogen-bond donors (Lipinski definition) is 0. The highest BCUT2D eigenvalue weighted by Gasteiger charge is 2.21. The van der Waals surface area contributed by atoms with E-state index in [1.54, 1.807) is 0 Å². The molecule has 0 atom stereocenters. The number of carbonyl (C=O) groups is 1. The van der Waals surface area contributed by atoms with Gasteiger partial charge in [-0.2, -0.15) is 0 Å². The standard InChI is InChI=1S/C16H15NO/c18-16(17-10-5-11-17)15-9-4-8-14(12-15)13-6-2-1-3-7-13/h1-4,6-9,12H,5,10-11H2. The predicted octanol–water partition coefficient (Wildman–Crippen LogP) is 3.20. The highest BCUT2D eigenvalue weighted by Crippen LogP contribution is 2.21. The average molecular weight is 237 g/mol. The van der Waals surface area contributed by atoms with Crippen molar-refractivity contribution in [2.75, 3.05) is 13.1 Å². The summed E-state index contributed by atoms with van der Waals surface area (Å²) in [6.07, 6.45) is 1.13. The SMILES string of the molecule is O=C(c1cccc(-c2ccccc2)c1)N1CCC1. The lowest BCUT2D eigenvalue weighted by Crippen LogP contribution is -2.41. The van der Waals surface area contributed by atoms with Crippen molar-refractivity contribution in [3.05, 3.63) is 60.2 Å². The number of hydrogen-bond acceptors (Lipinski definition) is 1. The number of nitrogens with zero attached hydrogens (tertiary/aromatic N) is 1. The first-order valence-corrected chi connectivity index (χ1v) is 6.29. The minimum atomic E-state index is 0.152. The molecule has 0 spiro atoms. The van der Waals surface area contributed by atoms with Crippen LogP contribution in [0.15, 0.2) is 54.6 Å². The molecule has 18 heavy (non-hydrogen) atoms. The van der Waals surface area contributed by atoms with E-state index in [4.69, 9.17) is 0 Å². The quantitative estimate of drug-likeness (QED) is 0.785. The summed E-state index contributed by atoms with van der Waals surface area (Å²) in [5.41, 5.74) is 3.04. The molecule has 1 heterocycles. The molecule has 1 amide bonds. The van der Waals surface area contributed by atoms with Gasteiger partial charge in [0.15, 0.2) is 0 Å². The van der Waals surface area contributed by atoms with Gasteiger partial charge in [-0.05, 0) is 29.7 Å². The van der Waals surface area contributed by atoms with Crippen LogP contribution in [0.5, 0.6) is 0 Å². The van der Waals surface area contributed by atoms with Crippen molar-refractivity contribution in [2.45, 2.75) is 6.42 Å². The smallest absolute Gasteiger partial charge is 0.253 e. The fourth-order valence-electron chi connectivity index (χ4n) is 2.16. The van der Waals surface area contributed by atoms with Crippen molar-refractivity contribution in [2.24, 2.45) is 0 Å². The molecule has 2 aromatic carbocycles. The summed E-state index contributed by atoms with van der Waals surface area (Å²) in [4.78, 5) is 14.0. The van der Waals surface area contributed by atoms with Crippen LogP contribution >= 0.6 is 0 Å². The maximum absolute atomic E-state index is 12.1. The average Bonchev–Trinajstić information content (AvgIpc) is 2.38. The summed E-state index contributed by atoms with van der Waals surface area (Å²) in [7, 11) is 0. The van der Waals surface area contributed by atoms with Crippen LogP contribution in [0.4, 0.5) is 0 Å². The zero-order chi connectivity index (χ0) is 12.4. The molecular formula is C16H15NO. The van der Waals surface area contributed by atoms with Gasteiger partial charge >= 0.3 is 0 Å². The van der Waals surface area contributed by atoms with E-state index in [-0.39, 0.29) is 5.91 Å². The lowest BCUT2D eigenvalue weighted by Gasteiger charge is -2.31. The second kappa shape index (κ2) is 4.65. The molecule has 0 radical (unpaired) electrons. The van der Waals surface area contributed by atoms with Gasteiger partial charge in [-0.3, -0.25) is 4.79 Å². The molecule has 0 aliphatic carbocycles. The van der Waals surface area contributed by atoms with Crippen molar-refractivity contribution < 1.29 is 4.79 Å². The molecule has 0 saturated carbocycles. The Morgan fingerprint density at radius 1 is 0.889 bits per heavy atom. The van der Waals surface area contributed by atoms with Gasteiger partial charge < -0.3 is 4.90 Å². The molecule has 0 unspecified atom stereocenters. The molecule has 1 fully saturated rings. The fourth-order valence-corrected chi connectivity index (χ4v) is 2.16. The van der Waals surface area contributed by atoms with Gasteiger partial charge in [-0.1, -0.05) is 42.5 Å². The Balaban J connectivity index is 1.91. The largest absolute Gasteiger partial charge is 0.339 e. The third kappa shape index (κ3) is 2.02. The summed E-state index contributed by atoms with van der Waals surface area (Å²) >= 11 is 0. The Hall–Kier alpha value is -2.09. The van der Waals surface area contributed by atoms with Gasteiger partial charge in [0.1, 0.15) is 0 Å². The molecule has 1 aliphatic heterocycles. The minimum Gasteiger partial charge on any atom is -0.339 e. The normalized spacial score (nSPS) is 14.1. The summed E-state index contributed by atoms with van der Waals surface area (Å²) in [5.74, 6) is 0.152. The Bertz CT molecular complexity index is 558. The van der Waals surface area contributed by atoms with E-state index in [0.29, 0.717) is 0 Å². The first-order chi connectivity index (χ1) is 8.84. The van der Waals surface area contributed by atoms with E-state index in [0.717, 1.165) is 36.2 Å². The van der Waals surface area contributed by atoms with Gasteiger partial charge in [-0.25, -0.2) is 0 Å². The summed E-state index contributed by atoms with van der Waals surface area (Å²) < 4.78 is 0. The van der Waals surface area contributed by atoms with E-state index < -0.39 is 0 Å². The fraction of sp³-hybridized carbons (Fsp3) is 0.188. The van der Waals surface area contributed by atoms with Crippen LogP contribution in [0.1, 0.15) is 16.8 Å². The van der Waals surface area contributed by atoms with Gasteiger partial charge in [0.25, 0.3) is 5.91 Å². The number of carbonyl (C=O) groups excluding carboxylic acids is 1. The highest BCUT2D eigenvalue weighted by molar-refractivity contribution is 5.95. The Morgan fingerprint density at radius 2 is 1.61 bits per heavy atom. The Labute approximate surface area is 107 Å². The second-order valence-electron chi connectivity index (χ2n) is 4.59. The summed E-state index contributed by atoms with van der Waals surface area (Å²) in [5, 5.41) is 0. The Kier molecular flexibility index (Phi) is 2.85. The van der Waals surface area contributed by atoms with E-state index in [1.165, 1.54) is 0 Å². The minimum absolute atomic E-state index is 0.152. The van der Waals surface area contributed by atoms with Gasteiger partial charge in [0, 0.05) is 18.7 Å². The van der Waals surface area contributed by atoms with Gasteiger partial charge in [-0.15, -0.1) is 0 Å². The van der Waals surface area contributed by atoms with Crippen LogP contribution in [0, 0.1) is 0 Å².